The molecule has 0 bridgehead atoms. The maximum Gasteiger partial charge on any atom is 0.215 e. The summed E-state index contributed by atoms with van der Waals surface area (Å²) in [5.41, 5.74) is 1.26. The molecule has 1 aromatic heterocycles. The second kappa shape index (κ2) is 5.26. The van der Waals surface area contributed by atoms with Gasteiger partial charge < -0.3 is 4.42 Å². The van der Waals surface area contributed by atoms with E-state index in [0.29, 0.717) is 18.4 Å². The van der Waals surface area contributed by atoms with Crippen LogP contribution in [-0.2, 0) is 6.54 Å². The van der Waals surface area contributed by atoms with Crippen LogP contribution in [0, 0.1) is 5.92 Å². The average molecular weight is 214 g/mol. The van der Waals surface area contributed by atoms with E-state index in [2.05, 4.69) is 35.1 Å². The molecule has 82 valence electrons. The molecular weight excluding hydrogens is 200 g/mol. The third-order valence-corrected chi connectivity index (χ3v) is 2.41. The highest BCUT2D eigenvalue weighted by atomic mass is 16.3. The summed E-state index contributed by atoms with van der Waals surface area (Å²) in [5, 5.41) is 0. The Hall–Kier alpha value is -1.90. The van der Waals surface area contributed by atoms with Crippen molar-refractivity contribution in [1.29, 1.82) is 0 Å². The zero-order chi connectivity index (χ0) is 11.2. The number of hydrogen-bond donors (Lipinski definition) is 0. The molecule has 16 heavy (non-hydrogen) atoms. The minimum absolute atomic E-state index is 0.457. The van der Waals surface area contributed by atoms with E-state index in [-0.39, 0.29) is 0 Å². The lowest BCUT2D eigenvalue weighted by atomic mass is 9.96. The van der Waals surface area contributed by atoms with Crippen molar-refractivity contribution < 1.29 is 4.42 Å². The van der Waals surface area contributed by atoms with Crippen molar-refractivity contribution in [3.05, 3.63) is 54.3 Å². The van der Waals surface area contributed by atoms with Gasteiger partial charge in [0.2, 0.25) is 5.89 Å². The number of aromatic nitrogens is 1. The van der Waals surface area contributed by atoms with E-state index in [9.17, 15) is 0 Å². The summed E-state index contributed by atoms with van der Waals surface area (Å²) in [6.07, 6.45) is 15.4. The van der Waals surface area contributed by atoms with Crippen molar-refractivity contribution in [3.63, 3.8) is 0 Å². The minimum Gasteiger partial charge on any atom is -0.447 e. The Bertz CT molecular complexity index is 439. The van der Waals surface area contributed by atoms with Gasteiger partial charge in [0.15, 0.2) is 0 Å². The molecule has 0 saturated heterocycles. The number of hydrogen-bond acceptors (Lipinski definition) is 3. The number of rotatable bonds is 3. The van der Waals surface area contributed by atoms with Crippen LogP contribution in [0.1, 0.15) is 12.8 Å². The Morgan fingerprint density at radius 1 is 1.50 bits per heavy atom. The van der Waals surface area contributed by atoms with Crippen LogP contribution in [0.3, 0.4) is 0 Å². The Morgan fingerprint density at radius 2 is 2.44 bits per heavy atom. The molecule has 0 spiro atoms. The highest BCUT2D eigenvalue weighted by Gasteiger charge is 2.02. The monoisotopic (exact) mass is 214 g/mol. The van der Waals surface area contributed by atoms with E-state index in [1.165, 1.54) is 5.57 Å². The number of allylic oxidation sites excluding steroid dienone is 6. The van der Waals surface area contributed by atoms with Crippen LogP contribution in [0.4, 0.5) is 0 Å². The number of nitrogens with zero attached hydrogens (tertiary/aromatic N) is 2. The molecular formula is C13H14N2O. The summed E-state index contributed by atoms with van der Waals surface area (Å²) in [5.74, 6) is 1.10. The quantitative estimate of drug-likeness (QED) is 0.725. The second-order valence-electron chi connectivity index (χ2n) is 3.61. The van der Waals surface area contributed by atoms with Gasteiger partial charge in [-0.25, -0.2) is 4.98 Å². The van der Waals surface area contributed by atoms with Gasteiger partial charge in [0.1, 0.15) is 12.8 Å². The Balaban J connectivity index is 1.91. The third-order valence-electron chi connectivity index (χ3n) is 2.41. The van der Waals surface area contributed by atoms with Crippen molar-refractivity contribution in [2.45, 2.75) is 13.5 Å². The van der Waals surface area contributed by atoms with Crippen LogP contribution in [0.5, 0.6) is 0 Å². The van der Waals surface area contributed by atoms with E-state index in [4.69, 9.17) is 4.42 Å². The Labute approximate surface area is 94.9 Å². The third kappa shape index (κ3) is 2.79. The molecule has 2 rings (SSSR count). The maximum atomic E-state index is 5.08. The SMILES string of the molecule is C[C@@H]1C=CC=C/C1=C/C=N\Cc1ncco1. The smallest absolute Gasteiger partial charge is 0.215 e. The van der Waals surface area contributed by atoms with Crippen LogP contribution >= 0.6 is 0 Å². The number of oxazole rings is 1. The van der Waals surface area contributed by atoms with Crippen LogP contribution in [0.25, 0.3) is 0 Å². The predicted molar refractivity (Wildman–Crippen MR) is 64.2 cm³/mol. The summed E-state index contributed by atoms with van der Waals surface area (Å²) < 4.78 is 5.08. The topological polar surface area (TPSA) is 38.4 Å². The lowest BCUT2D eigenvalue weighted by Crippen LogP contribution is -1.96. The van der Waals surface area contributed by atoms with Gasteiger partial charge >= 0.3 is 0 Å². The molecule has 3 heteroatoms. The summed E-state index contributed by atoms with van der Waals surface area (Å²) in [4.78, 5) is 8.22. The van der Waals surface area contributed by atoms with E-state index in [1.54, 1.807) is 18.7 Å². The molecule has 0 aliphatic heterocycles. The highest BCUT2D eigenvalue weighted by Crippen LogP contribution is 2.16. The second-order valence-corrected chi connectivity index (χ2v) is 3.61. The van der Waals surface area contributed by atoms with Gasteiger partial charge in [-0.3, -0.25) is 4.99 Å². The molecule has 0 radical (unpaired) electrons. The zero-order valence-electron chi connectivity index (χ0n) is 9.21. The summed E-state index contributed by atoms with van der Waals surface area (Å²) in [7, 11) is 0. The highest BCUT2D eigenvalue weighted by molar-refractivity contribution is 5.73. The zero-order valence-corrected chi connectivity index (χ0v) is 9.21. The first-order chi connectivity index (χ1) is 7.86. The van der Waals surface area contributed by atoms with Gasteiger partial charge in [-0.05, 0) is 17.6 Å². The van der Waals surface area contributed by atoms with Crippen LogP contribution in [0.2, 0.25) is 0 Å². The standard InChI is InChI=1S/C13H14N2O/c1-11-4-2-3-5-12(11)6-7-14-10-13-15-8-9-16-13/h2-9,11H,10H2,1H3/b12-6-,14-7-/t11-/m1/s1. The van der Waals surface area contributed by atoms with Gasteiger partial charge in [-0.2, -0.15) is 0 Å². The summed E-state index contributed by atoms with van der Waals surface area (Å²) in [6.45, 7) is 2.65. The largest absolute Gasteiger partial charge is 0.447 e. The van der Waals surface area contributed by atoms with E-state index in [1.807, 2.05) is 12.2 Å². The molecule has 0 N–H and O–H groups in total. The minimum atomic E-state index is 0.457. The van der Waals surface area contributed by atoms with Gasteiger partial charge in [-0.1, -0.05) is 31.2 Å². The maximum absolute atomic E-state index is 5.08. The van der Waals surface area contributed by atoms with Gasteiger partial charge in [-0.15, -0.1) is 0 Å². The van der Waals surface area contributed by atoms with Crippen LogP contribution in [-0.4, -0.2) is 11.2 Å². The fourth-order valence-corrected chi connectivity index (χ4v) is 1.47. The molecule has 1 aliphatic carbocycles. The van der Waals surface area contributed by atoms with Gasteiger partial charge in [0, 0.05) is 6.21 Å². The Kier molecular flexibility index (Phi) is 3.49. The first-order valence-electron chi connectivity index (χ1n) is 5.29. The van der Waals surface area contributed by atoms with E-state index < -0.39 is 0 Å². The number of aliphatic imine (C=N–C) groups is 1. The molecule has 0 fully saturated rings. The molecule has 0 unspecified atom stereocenters. The van der Waals surface area contributed by atoms with Gasteiger partial charge in [0.25, 0.3) is 0 Å². The lowest BCUT2D eigenvalue weighted by Gasteiger charge is -2.09. The average Bonchev–Trinajstić information content (AvgIpc) is 2.79. The normalized spacial score (nSPS) is 22.3. The molecule has 1 aliphatic rings. The molecule has 3 nitrogen and oxygen atoms in total. The van der Waals surface area contributed by atoms with Crippen molar-refractivity contribution in [2.75, 3.05) is 0 Å². The van der Waals surface area contributed by atoms with Crippen molar-refractivity contribution in [1.82, 2.24) is 4.98 Å². The van der Waals surface area contributed by atoms with Crippen molar-refractivity contribution in [3.8, 4) is 0 Å². The summed E-state index contributed by atoms with van der Waals surface area (Å²) >= 11 is 0. The predicted octanol–water partition coefficient (Wildman–Crippen LogP) is 2.93. The van der Waals surface area contributed by atoms with E-state index in [0.717, 1.165) is 0 Å². The lowest BCUT2D eigenvalue weighted by molar-refractivity contribution is 0.498. The van der Waals surface area contributed by atoms with Gasteiger partial charge in [0.05, 0.1) is 6.20 Å². The van der Waals surface area contributed by atoms with Crippen molar-refractivity contribution in [2.24, 2.45) is 10.9 Å². The first-order valence-corrected chi connectivity index (χ1v) is 5.29. The van der Waals surface area contributed by atoms with Crippen molar-refractivity contribution >= 4 is 6.21 Å². The Morgan fingerprint density at radius 3 is 3.19 bits per heavy atom. The van der Waals surface area contributed by atoms with E-state index >= 15 is 0 Å². The fraction of sp³-hybridized carbons (Fsp3) is 0.231. The molecule has 1 atom stereocenters. The van der Waals surface area contributed by atoms with Crippen LogP contribution < -0.4 is 0 Å². The first kappa shape index (κ1) is 10.6. The fourth-order valence-electron chi connectivity index (χ4n) is 1.47. The van der Waals surface area contributed by atoms with Crippen LogP contribution in [0.15, 0.2) is 57.8 Å². The molecule has 1 aromatic rings. The molecule has 1 heterocycles. The molecule has 0 amide bonds. The molecule has 0 aromatic carbocycles. The summed E-state index contributed by atoms with van der Waals surface area (Å²) in [6, 6.07) is 0. The molecule has 0 saturated carbocycles.